The van der Waals surface area contributed by atoms with Gasteiger partial charge in [0.05, 0.1) is 6.10 Å². The highest BCUT2D eigenvalue weighted by atomic mass is 16.3. The van der Waals surface area contributed by atoms with Crippen LogP contribution < -0.4 is 0 Å². The Labute approximate surface area is 55.7 Å². The Morgan fingerprint density at radius 2 is 2.22 bits per heavy atom. The van der Waals surface area contributed by atoms with Gasteiger partial charge >= 0.3 is 0 Å². The van der Waals surface area contributed by atoms with Crippen LogP contribution in [0.4, 0.5) is 0 Å². The van der Waals surface area contributed by atoms with Gasteiger partial charge in [0.25, 0.3) is 0 Å². The lowest BCUT2D eigenvalue weighted by Crippen LogP contribution is -2.10. The molecule has 2 unspecified atom stereocenters. The van der Waals surface area contributed by atoms with Crippen molar-refractivity contribution < 1.29 is 5.11 Å². The Hall–Kier alpha value is -0.560. The second-order valence-electron chi connectivity index (χ2n) is 2.43. The third kappa shape index (κ3) is 1.68. The molecule has 1 heteroatoms. The van der Waals surface area contributed by atoms with Gasteiger partial charge in [-0.2, -0.15) is 0 Å². The zero-order valence-electron chi connectivity index (χ0n) is 5.46. The molecule has 1 rings (SSSR count). The highest BCUT2D eigenvalue weighted by molar-refractivity contribution is 5.04. The molecular weight excluding hydrogens is 112 g/mol. The van der Waals surface area contributed by atoms with Crippen LogP contribution in [0.25, 0.3) is 0 Å². The van der Waals surface area contributed by atoms with Crippen LogP contribution in [0.1, 0.15) is 12.8 Å². The van der Waals surface area contributed by atoms with Crippen molar-refractivity contribution in [2.24, 2.45) is 5.92 Å². The van der Waals surface area contributed by atoms with Gasteiger partial charge in [0.1, 0.15) is 0 Å². The molecule has 0 aromatic rings. The third-order valence-electron chi connectivity index (χ3n) is 1.68. The minimum Gasteiger partial charge on any atom is -0.389 e. The molecule has 0 saturated heterocycles. The van der Waals surface area contributed by atoms with Gasteiger partial charge in [-0.1, -0.05) is 18.2 Å². The lowest BCUT2D eigenvalue weighted by atomic mass is 9.95. The predicted molar refractivity (Wildman–Crippen MR) is 38.1 cm³/mol. The first-order valence-corrected chi connectivity index (χ1v) is 3.32. The SMILES string of the molecule is C=CC1C=CC(O)CC1. The molecule has 0 radical (unpaired) electrons. The van der Waals surface area contributed by atoms with E-state index in [2.05, 4.69) is 6.58 Å². The number of aliphatic hydroxyl groups excluding tert-OH is 1. The molecule has 9 heavy (non-hydrogen) atoms. The van der Waals surface area contributed by atoms with E-state index in [1.807, 2.05) is 18.2 Å². The average molecular weight is 124 g/mol. The molecule has 50 valence electrons. The van der Waals surface area contributed by atoms with Gasteiger partial charge < -0.3 is 5.11 Å². The molecular formula is C8H12O. The summed E-state index contributed by atoms with van der Waals surface area (Å²) in [7, 11) is 0. The van der Waals surface area contributed by atoms with Crippen molar-refractivity contribution in [3.05, 3.63) is 24.8 Å². The first-order chi connectivity index (χ1) is 4.33. The topological polar surface area (TPSA) is 20.2 Å². The largest absolute Gasteiger partial charge is 0.389 e. The van der Waals surface area contributed by atoms with E-state index in [0.717, 1.165) is 12.8 Å². The minimum absolute atomic E-state index is 0.207. The first kappa shape index (κ1) is 6.56. The summed E-state index contributed by atoms with van der Waals surface area (Å²) in [5.74, 6) is 0.494. The molecule has 0 fully saturated rings. The standard InChI is InChI=1S/C8H12O/c1-2-7-3-5-8(9)6-4-7/h2-3,5,7-9H,1,4,6H2. The summed E-state index contributed by atoms with van der Waals surface area (Å²) in [5, 5.41) is 9.00. The van der Waals surface area contributed by atoms with E-state index in [-0.39, 0.29) is 6.10 Å². The molecule has 0 aromatic heterocycles. The highest BCUT2D eigenvalue weighted by Gasteiger charge is 2.09. The molecule has 1 aliphatic rings. The van der Waals surface area contributed by atoms with E-state index < -0.39 is 0 Å². The number of hydrogen-bond acceptors (Lipinski definition) is 1. The maximum Gasteiger partial charge on any atom is 0.0721 e. The van der Waals surface area contributed by atoms with Crippen LogP contribution in [0.3, 0.4) is 0 Å². The molecule has 0 saturated carbocycles. The Morgan fingerprint density at radius 3 is 2.67 bits per heavy atom. The maximum absolute atomic E-state index is 9.00. The third-order valence-corrected chi connectivity index (χ3v) is 1.68. The number of rotatable bonds is 1. The molecule has 0 aromatic carbocycles. The molecule has 0 heterocycles. The van der Waals surface area contributed by atoms with Crippen LogP contribution in [0.15, 0.2) is 24.8 Å². The number of aliphatic hydroxyl groups is 1. The molecule has 1 aliphatic carbocycles. The van der Waals surface area contributed by atoms with Gasteiger partial charge in [0.15, 0.2) is 0 Å². The van der Waals surface area contributed by atoms with Crippen molar-refractivity contribution in [1.29, 1.82) is 0 Å². The normalized spacial score (nSPS) is 34.3. The number of hydrogen-bond donors (Lipinski definition) is 1. The summed E-state index contributed by atoms with van der Waals surface area (Å²) in [6.07, 6.45) is 7.49. The molecule has 1 nitrogen and oxygen atoms in total. The van der Waals surface area contributed by atoms with Crippen molar-refractivity contribution >= 4 is 0 Å². The van der Waals surface area contributed by atoms with Gasteiger partial charge in [-0.25, -0.2) is 0 Å². The zero-order chi connectivity index (χ0) is 6.69. The summed E-state index contributed by atoms with van der Waals surface area (Å²) >= 11 is 0. The average Bonchev–Trinajstić information content (AvgIpc) is 1.90. The lowest BCUT2D eigenvalue weighted by Gasteiger charge is -2.15. The van der Waals surface area contributed by atoms with Gasteiger partial charge in [-0.05, 0) is 18.8 Å². The Bertz CT molecular complexity index is 127. The Kier molecular flexibility index (Phi) is 2.06. The Balaban J connectivity index is 2.47. The van der Waals surface area contributed by atoms with Crippen molar-refractivity contribution in [3.8, 4) is 0 Å². The van der Waals surface area contributed by atoms with E-state index in [9.17, 15) is 0 Å². The summed E-state index contributed by atoms with van der Waals surface area (Å²) in [5.41, 5.74) is 0. The summed E-state index contributed by atoms with van der Waals surface area (Å²) < 4.78 is 0. The first-order valence-electron chi connectivity index (χ1n) is 3.32. The van der Waals surface area contributed by atoms with E-state index in [1.54, 1.807) is 0 Å². The van der Waals surface area contributed by atoms with Crippen molar-refractivity contribution in [1.82, 2.24) is 0 Å². The second-order valence-corrected chi connectivity index (χ2v) is 2.43. The van der Waals surface area contributed by atoms with E-state index in [1.165, 1.54) is 0 Å². The zero-order valence-corrected chi connectivity index (χ0v) is 5.46. The minimum atomic E-state index is -0.207. The fourth-order valence-corrected chi connectivity index (χ4v) is 1.02. The van der Waals surface area contributed by atoms with Crippen LogP contribution >= 0.6 is 0 Å². The predicted octanol–water partition coefficient (Wildman–Crippen LogP) is 1.50. The summed E-state index contributed by atoms with van der Waals surface area (Å²) in [4.78, 5) is 0. The quantitative estimate of drug-likeness (QED) is 0.525. The molecule has 0 amide bonds. The molecule has 1 N–H and O–H groups in total. The van der Waals surface area contributed by atoms with Gasteiger partial charge in [0, 0.05) is 0 Å². The van der Waals surface area contributed by atoms with Crippen LogP contribution in [0.5, 0.6) is 0 Å². The second kappa shape index (κ2) is 2.83. The van der Waals surface area contributed by atoms with Crippen molar-refractivity contribution in [2.75, 3.05) is 0 Å². The van der Waals surface area contributed by atoms with E-state index >= 15 is 0 Å². The maximum atomic E-state index is 9.00. The number of allylic oxidation sites excluding steroid dienone is 2. The van der Waals surface area contributed by atoms with Crippen LogP contribution in [-0.2, 0) is 0 Å². The smallest absolute Gasteiger partial charge is 0.0721 e. The fourth-order valence-electron chi connectivity index (χ4n) is 1.02. The van der Waals surface area contributed by atoms with E-state index in [0.29, 0.717) is 5.92 Å². The summed E-state index contributed by atoms with van der Waals surface area (Å²) in [6.45, 7) is 3.68. The van der Waals surface area contributed by atoms with Crippen molar-refractivity contribution in [2.45, 2.75) is 18.9 Å². The van der Waals surface area contributed by atoms with Crippen molar-refractivity contribution in [3.63, 3.8) is 0 Å². The lowest BCUT2D eigenvalue weighted by molar-refractivity contribution is 0.199. The summed E-state index contributed by atoms with van der Waals surface area (Å²) in [6, 6.07) is 0. The van der Waals surface area contributed by atoms with Crippen LogP contribution in [-0.4, -0.2) is 11.2 Å². The molecule has 0 aliphatic heterocycles. The van der Waals surface area contributed by atoms with Gasteiger partial charge in [0.2, 0.25) is 0 Å². The van der Waals surface area contributed by atoms with Gasteiger partial charge in [-0.15, -0.1) is 6.58 Å². The van der Waals surface area contributed by atoms with E-state index in [4.69, 9.17) is 5.11 Å². The fraction of sp³-hybridized carbons (Fsp3) is 0.500. The molecule has 2 atom stereocenters. The highest BCUT2D eigenvalue weighted by Crippen LogP contribution is 2.17. The Morgan fingerprint density at radius 1 is 1.44 bits per heavy atom. The molecule has 0 bridgehead atoms. The monoisotopic (exact) mass is 124 g/mol. The molecule has 0 spiro atoms. The van der Waals surface area contributed by atoms with Crippen LogP contribution in [0.2, 0.25) is 0 Å². The van der Waals surface area contributed by atoms with Crippen LogP contribution in [0, 0.1) is 5.92 Å². The van der Waals surface area contributed by atoms with Gasteiger partial charge in [-0.3, -0.25) is 0 Å².